The number of carbonyl (C=O) groups is 2. The summed E-state index contributed by atoms with van der Waals surface area (Å²) in [5.74, 6) is -0.841. The second-order valence-electron chi connectivity index (χ2n) is 5.12. The third kappa shape index (κ3) is 3.72. The van der Waals surface area contributed by atoms with Crippen molar-refractivity contribution >= 4 is 22.6 Å². The van der Waals surface area contributed by atoms with Gasteiger partial charge in [0.15, 0.2) is 0 Å². The lowest BCUT2D eigenvalue weighted by molar-refractivity contribution is -0.120. The maximum atomic E-state index is 12.0. The molecule has 0 fully saturated rings. The van der Waals surface area contributed by atoms with E-state index in [1.54, 1.807) is 12.1 Å². The van der Waals surface area contributed by atoms with Crippen molar-refractivity contribution in [2.45, 2.75) is 19.9 Å². The first kappa shape index (κ1) is 14.8. The van der Waals surface area contributed by atoms with Gasteiger partial charge in [0.05, 0.1) is 12.1 Å². The van der Waals surface area contributed by atoms with Gasteiger partial charge in [-0.3, -0.25) is 9.59 Å². The van der Waals surface area contributed by atoms with Crippen LogP contribution >= 0.6 is 0 Å². The zero-order valence-electron chi connectivity index (χ0n) is 12.0. The van der Waals surface area contributed by atoms with Crippen molar-refractivity contribution in [2.24, 2.45) is 0 Å². The van der Waals surface area contributed by atoms with E-state index in [0.29, 0.717) is 0 Å². The molecule has 2 aromatic carbocycles. The zero-order chi connectivity index (χ0) is 15.4. The minimum Gasteiger partial charge on any atom is -0.507 e. The van der Waals surface area contributed by atoms with Gasteiger partial charge in [-0.05, 0) is 36.8 Å². The molecule has 2 aromatic rings. The van der Waals surface area contributed by atoms with Gasteiger partial charge in [0.2, 0.25) is 5.91 Å². The van der Waals surface area contributed by atoms with Gasteiger partial charge in [-0.1, -0.05) is 24.3 Å². The molecule has 5 heteroatoms. The molecule has 21 heavy (non-hydrogen) atoms. The van der Waals surface area contributed by atoms with Crippen LogP contribution in [0.15, 0.2) is 36.4 Å². The highest BCUT2D eigenvalue weighted by Crippen LogP contribution is 2.24. The maximum absolute atomic E-state index is 12.0. The number of phenolic OH excluding ortho intramolecular Hbond substituents is 1. The van der Waals surface area contributed by atoms with Crippen LogP contribution in [0.3, 0.4) is 0 Å². The fraction of sp³-hybridized carbons (Fsp3) is 0.250. The fourth-order valence-corrected chi connectivity index (χ4v) is 2.04. The smallest absolute Gasteiger partial charge is 0.255 e. The van der Waals surface area contributed by atoms with Crippen LogP contribution in [0.4, 0.5) is 0 Å². The number of aromatic hydroxyl groups is 1. The van der Waals surface area contributed by atoms with Gasteiger partial charge in [-0.2, -0.15) is 0 Å². The molecule has 0 saturated carbocycles. The Morgan fingerprint density at radius 2 is 1.76 bits per heavy atom. The summed E-state index contributed by atoms with van der Waals surface area (Å²) in [6.45, 7) is 3.56. The van der Waals surface area contributed by atoms with Crippen molar-refractivity contribution in [1.82, 2.24) is 10.6 Å². The standard InChI is InChI=1S/C16H18N2O3/c1-10(2)18-15(20)9-17-16(21)13-7-11-5-3-4-6-12(11)8-14(13)19/h3-8,10,19H,9H2,1-2H3,(H,17,21)(H,18,20). The second kappa shape index (κ2) is 6.26. The molecule has 110 valence electrons. The fourth-order valence-electron chi connectivity index (χ4n) is 2.04. The lowest BCUT2D eigenvalue weighted by Crippen LogP contribution is -2.39. The molecule has 5 nitrogen and oxygen atoms in total. The maximum Gasteiger partial charge on any atom is 0.255 e. The molecule has 0 saturated heterocycles. The summed E-state index contributed by atoms with van der Waals surface area (Å²) in [4.78, 5) is 23.5. The highest BCUT2D eigenvalue weighted by molar-refractivity contribution is 6.02. The van der Waals surface area contributed by atoms with E-state index in [2.05, 4.69) is 10.6 Å². The van der Waals surface area contributed by atoms with E-state index in [4.69, 9.17) is 0 Å². The van der Waals surface area contributed by atoms with E-state index in [1.807, 2.05) is 38.1 Å². The SMILES string of the molecule is CC(C)NC(=O)CNC(=O)c1cc2ccccc2cc1O. The summed E-state index contributed by atoms with van der Waals surface area (Å²) in [7, 11) is 0. The number of nitrogens with one attached hydrogen (secondary N) is 2. The van der Waals surface area contributed by atoms with Crippen LogP contribution in [-0.2, 0) is 4.79 Å². The van der Waals surface area contributed by atoms with Crippen LogP contribution in [0, 0.1) is 0 Å². The summed E-state index contributed by atoms with van der Waals surface area (Å²) in [6, 6.07) is 10.6. The van der Waals surface area contributed by atoms with Gasteiger partial charge in [0, 0.05) is 6.04 Å². The summed E-state index contributed by atoms with van der Waals surface area (Å²) in [5.41, 5.74) is 0.158. The van der Waals surface area contributed by atoms with Gasteiger partial charge in [-0.15, -0.1) is 0 Å². The van der Waals surface area contributed by atoms with Crippen molar-refractivity contribution in [1.29, 1.82) is 0 Å². The Morgan fingerprint density at radius 3 is 2.38 bits per heavy atom. The second-order valence-corrected chi connectivity index (χ2v) is 5.12. The van der Waals surface area contributed by atoms with E-state index in [9.17, 15) is 14.7 Å². The summed E-state index contributed by atoms with van der Waals surface area (Å²) in [6.07, 6.45) is 0. The van der Waals surface area contributed by atoms with E-state index in [0.717, 1.165) is 10.8 Å². The minimum absolute atomic E-state index is 0.0171. The van der Waals surface area contributed by atoms with Gasteiger partial charge in [0.1, 0.15) is 5.75 Å². The Hall–Kier alpha value is -2.56. The molecule has 0 unspecified atom stereocenters. The first-order valence-corrected chi connectivity index (χ1v) is 6.76. The Balaban J connectivity index is 2.12. The molecule has 2 amide bonds. The van der Waals surface area contributed by atoms with Crippen molar-refractivity contribution < 1.29 is 14.7 Å². The highest BCUT2D eigenvalue weighted by atomic mass is 16.3. The number of benzene rings is 2. The molecular formula is C16H18N2O3. The molecule has 0 heterocycles. The Labute approximate surface area is 123 Å². The van der Waals surface area contributed by atoms with Crippen molar-refractivity contribution in [3.63, 3.8) is 0 Å². The predicted octanol–water partition coefficient (Wildman–Crippen LogP) is 1.80. The molecule has 0 aromatic heterocycles. The van der Waals surface area contributed by atoms with E-state index >= 15 is 0 Å². The lowest BCUT2D eigenvalue weighted by atomic mass is 10.1. The van der Waals surface area contributed by atoms with Gasteiger partial charge < -0.3 is 15.7 Å². The molecule has 0 atom stereocenters. The molecule has 3 N–H and O–H groups in total. The zero-order valence-corrected chi connectivity index (χ0v) is 12.0. The van der Waals surface area contributed by atoms with Gasteiger partial charge >= 0.3 is 0 Å². The van der Waals surface area contributed by atoms with E-state index in [-0.39, 0.29) is 29.8 Å². The number of amides is 2. The Morgan fingerprint density at radius 1 is 1.14 bits per heavy atom. The van der Waals surface area contributed by atoms with Crippen LogP contribution in [0.25, 0.3) is 10.8 Å². The Bertz CT molecular complexity index is 680. The first-order valence-electron chi connectivity index (χ1n) is 6.76. The normalized spacial score (nSPS) is 10.6. The molecule has 0 aliphatic heterocycles. The van der Waals surface area contributed by atoms with Crippen molar-refractivity contribution in [2.75, 3.05) is 6.54 Å². The topological polar surface area (TPSA) is 78.4 Å². The summed E-state index contributed by atoms with van der Waals surface area (Å²) in [5, 5.41) is 16.8. The van der Waals surface area contributed by atoms with Crippen molar-refractivity contribution in [3.05, 3.63) is 42.0 Å². The number of phenols is 1. The third-order valence-corrected chi connectivity index (χ3v) is 2.97. The quantitative estimate of drug-likeness (QED) is 0.802. The van der Waals surface area contributed by atoms with Crippen LogP contribution in [0.2, 0.25) is 0 Å². The van der Waals surface area contributed by atoms with Crippen LogP contribution in [0.5, 0.6) is 5.75 Å². The summed E-state index contributed by atoms with van der Waals surface area (Å²) >= 11 is 0. The van der Waals surface area contributed by atoms with Crippen LogP contribution in [0.1, 0.15) is 24.2 Å². The molecular weight excluding hydrogens is 268 g/mol. The molecule has 0 aliphatic carbocycles. The van der Waals surface area contributed by atoms with Crippen molar-refractivity contribution in [3.8, 4) is 5.75 Å². The minimum atomic E-state index is -0.475. The number of carbonyl (C=O) groups excluding carboxylic acids is 2. The average Bonchev–Trinajstić information content (AvgIpc) is 2.43. The average molecular weight is 286 g/mol. The number of hydrogen-bond acceptors (Lipinski definition) is 3. The monoisotopic (exact) mass is 286 g/mol. The molecule has 2 rings (SSSR count). The molecule has 0 bridgehead atoms. The first-order chi connectivity index (χ1) is 9.97. The predicted molar refractivity (Wildman–Crippen MR) is 81.2 cm³/mol. The number of rotatable bonds is 4. The molecule has 0 aliphatic rings. The van der Waals surface area contributed by atoms with Crippen LogP contribution < -0.4 is 10.6 Å². The Kier molecular flexibility index (Phi) is 4.42. The van der Waals surface area contributed by atoms with E-state index < -0.39 is 5.91 Å². The largest absolute Gasteiger partial charge is 0.507 e. The molecule has 0 radical (unpaired) electrons. The third-order valence-electron chi connectivity index (χ3n) is 2.97. The summed E-state index contributed by atoms with van der Waals surface area (Å²) < 4.78 is 0. The number of hydrogen-bond donors (Lipinski definition) is 3. The van der Waals surface area contributed by atoms with Crippen LogP contribution in [-0.4, -0.2) is 29.5 Å². The number of fused-ring (bicyclic) bond motifs is 1. The van der Waals surface area contributed by atoms with Gasteiger partial charge in [0.25, 0.3) is 5.91 Å². The van der Waals surface area contributed by atoms with E-state index in [1.165, 1.54) is 0 Å². The lowest BCUT2D eigenvalue weighted by Gasteiger charge is -2.10. The highest BCUT2D eigenvalue weighted by Gasteiger charge is 2.13. The van der Waals surface area contributed by atoms with Gasteiger partial charge in [-0.25, -0.2) is 0 Å². The molecule has 0 spiro atoms.